The zero-order chi connectivity index (χ0) is 15.4. The first-order valence-electron chi connectivity index (χ1n) is 5.93. The van der Waals surface area contributed by atoms with Crippen LogP contribution in [0.2, 0.25) is 5.02 Å². The van der Waals surface area contributed by atoms with Gasteiger partial charge in [0, 0.05) is 18.3 Å². The van der Waals surface area contributed by atoms with Crippen molar-refractivity contribution in [3.05, 3.63) is 58.2 Å². The standard InChI is InChI=1S/C14H11ClF2N2O2/c1-21-14-10(5-9(15)7-19-14)13(20)18-6-8-3-2-4-11(16)12(8)17/h2-5,7H,6H2,1H3,(H,18,20). The van der Waals surface area contributed by atoms with Crippen molar-refractivity contribution in [3.63, 3.8) is 0 Å². The number of carbonyl (C=O) groups is 1. The van der Waals surface area contributed by atoms with Crippen molar-refractivity contribution >= 4 is 17.5 Å². The van der Waals surface area contributed by atoms with Gasteiger partial charge in [-0.05, 0) is 12.1 Å². The van der Waals surface area contributed by atoms with E-state index in [2.05, 4.69) is 10.3 Å². The summed E-state index contributed by atoms with van der Waals surface area (Å²) in [5.41, 5.74) is 0.152. The lowest BCUT2D eigenvalue weighted by molar-refractivity contribution is 0.0946. The number of methoxy groups -OCH3 is 1. The van der Waals surface area contributed by atoms with Crippen LogP contribution in [0.25, 0.3) is 0 Å². The molecule has 0 saturated carbocycles. The third-order valence-corrected chi connectivity index (χ3v) is 2.93. The molecular weight excluding hydrogens is 302 g/mol. The minimum atomic E-state index is -0.992. The van der Waals surface area contributed by atoms with Gasteiger partial charge in [-0.2, -0.15) is 0 Å². The van der Waals surface area contributed by atoms with Crippen molar-refractivity contribution in [1.29, 1.82) is 0 Å². The summed E-state index contributed by atoms with van der Waals surface area (Å²) in [6.45, 7) is -0.169. The van der Waals surface area contributed by atoms with E-state index in [0.717, 1.165) is 6.07 Å². The molecule has 0 aliphatic rings. The Morgan fingerprint density at radius 3 is 2.90 bits per heavy atom. The van der Waals surface area contributed by atoms with Crippen molar-refractivity contribution in [2.24, 2.45) is 0 Å². The van der Waals surface area contributed by atoms with Gasteiger partial charge in [-0.15, -0.1) is 0 Å². The van der Waals surface area contributed by atoms with Gasteiger partial charge in [0.1, 0.15) is 5.56 Å². The molecule has 7 heteroatoms. The lowest BCUT2D eigenvalue weighted by Gasteiger charge is -2.09. The van der Waals surface area contributed by atoms with E-state index in [1.807, 2.05) is 0 Å². The highest BCUT2D eigenvalue weighted by molar-refractivity contribution is 6.30. The molecule has 0 spiro atoms. The predicted molar refractivity (Wildman–Crippen MR) is 73.3 cm³/mol. The molecule has 1 heterocycles. The molecule has 0 aliphatic carbocycles. The molecule has 1 N–H and O–H groups in total. The Hall–Kier alpha value is -2.21. The van der Waals surface area contributed by atoms with Crippen LogP contribution in [0, 0.1) is 11.6 Å². The van der Waals surface area contributed by atoms with Gasteiger partial charge in [0.2, 0.25) is 5.88 Å². The molecule has 2 rings (SSSR count). The average molecular weight is 313 g/mol. The van der Waals surface area contributed by atoms with E-state index in [-0.39, 0.29) is 28.6 Å². The summed E-state index contributed by atoms with van der Waals surface area (Å²) in [5.74, 6) is -2.42. The molecule has 0 aliphatic heterocycles. The zero-order valence-corrected chi connectivity index (χ0v) is 11.7. The number of nitrogens with one attached hydrogen (secondary N) is 1. The molecule has 0 fully saturated rings. The second-order valence-corrected chi connectivity index (χ2v) is 4.54. The minimum Gasteiger partial charge on any atom is -0.480 e. The Balaban J connectivity index is 2.15. The zero-order valence-electron chi connectivity index (χ0n) is 11.0. The molecular formula is C14H11ClF2N2O2. The number of carbonyl (C=O) groups excluding carboxylic acids is 1. The quantitative estimate of drug-likeness (QED) is 0.944. The smallest absolute Gasteiger partial charge is 0.257 e. The highest BCUT2D eigenvalue weighted by Crippen LogP contribution is 2.19. The van der Waals surface area contributed by atoms with Crippen LogP contribution in [0.5, 0.6) is 5.88 Å². The Morgan fingerprint density at radius 1 is 1.43 bits per heavy atom. The highest BCUT2D eigenvalue weighted by Gasteiger charge is 2.15. The molecule has 2 aromatic rings. The first-order valence-corrected chi connectivity index (χ1v) is 6.31. The molecule has 110 valence electrons. The SMILES string of the molecule is COc1ncc(Cl)cc1C(=O)NCc1cccc(F)c1F. The van der Waals surface area contributed by atoms with E-state index >= 15 is 0 Å². The first-order chi connectivity index (χ1) is 10.0. The van der Waals surface area contributed by atoms with Crippen LogP contribution in [0.1, 0.15) is 15.9 Å². The number of halogens is 3. The summed E-state index contributed by atoms with van der Waals surface area (Å²) >= 11 is 5.77. The second-order valence-electron chi connectivity index (χ2n) is 4.11. The molecule has 0 radical (unpaired) electrons. The van der Waals surface area contributed by atoms with Crippen molar-refractivity contribution < 1.29 is 18.3 Å². The van der Waals surface area contributed by atoms with Crippen molar-refractivity contribution in [2.45, 2.75) is 6.54 Å². The van der Waals surface area contributed by atoms with Gasteiger partial charge < -0.3 is 10.1 Å². The number of amides is 1. The number of pyridine rings is 1. The van der Waals surface area contributed by atoms with E-state index < -0.39 is 17.5 Å². The van der Waals surface area contributed by atoms with E-state index in [1.54, 1.807) is 0 Å². The summed E-state index contributed by atoms with van der Waals surface area (Å²) in [5, 5.41) is 2.72. The van der Waals surface area contributed by atoms with Crippen molar-refractivity contribution in [3.8, 4) is 5.88 Å². The van der Waals surface area contributed by atoms with Crippen LogP contribution in [0.3, 0.4) is 0 Å². The largest absolute Gasteiger partial charge is 0.480 e. The van der Waals surface area contributed by atoms with E-state index in [0.29, 0.717) is 0 Å². The average Bonchev–Trinajstić information content (AvgIpc) is 2.48. The fourth-order valence-corrected chi connectivity index (χ4v) is 1.87. The number of ether oxygens (including phenoxy) is 1. The minimum absolute atomic E-state index is 0.0392. The van der Waals surface area contributed by atoms with Crippen LogP contribution < -0.4 is 10.1 Å². The van der Waals surface area contributed by atoms with Gasteiger partial charge in [0.05, 0.1) is 12.1 Å². The summed E-state index contributed by atoms with van der Waals surface area (Å²) in [7, 11) is 1.36. The van der Waals surface area contributed by atoms with Crippen LogP contribution >= 0.6 is 11.6 Å². The lowest BCUT2D eigenvalue weighted by atomic mass is 10.2. The monoisotopic (exact) mass is 312 g/mol. The molecule has 0 unspecified atom stereocenters. The number of nitrogens with zero attached hydrogens (tertiary/aromatic N) is 1. The van der Waals surface area contributed by atoms with E-state index in [1.165, 1.54) is 31.5 Å². The Labute approximate surface area is 124 Å². The van der Waals surface area contributed by atoms with Gasteiger partial charge in [0.25, 0.3) is 5.91 Å². The number of hydrogen-bond acceptors (Lipinski definition) is 3. The first kappa shape index (κ1) is 15.2. The van der Waals surface area contributed by atoms with Crippen molar-refractivity contribution in [1.82, 2.24) is 10.3 Å². The molecule has 21 heavy (non-hydrogen) atoms. The molecule has 0 bridgehead atoms. The summed E-state index contributed by atoms with van der Waals surface area (Å²) in [6.07, 6.45) is 1.34. The molecule has 1 amide bonds. The van der Waals surface area contributed by atoms with Crippen LogP contribution in [0.4, 0.5) is 8.78 Å². The number of benzene rings is 1. The van der Waals surface area contributed by atoms with Gasteiger partial charge in [-0.1, -0.05) is 23.7 Å². The molecule has 1 aromatic heterocycles. The summed E-state index contributed by atoms with van der Waals surface area (Å²) in [6, 6.07) is 5.13. The van der Waals surface area contributed by atoms with E-state index in [9.17, 15) is 13.6 Å². The van der Waals surface area contributed by atoms with E-state index in [4.69, 9.17) is 16.3 Å². The van der Waals surface area contributed by atoms with Gasteiger partial charge >= 0.3 is 0 Å². The fraction of sp³-hybridized carbons (Fsp3) is 0.143. The molecule has 4 nitrogen and oxygen atoms in total. The predicted octanol–water partition coefficient (Wildman–Crippen LogP) is 2.95. The molecule has 0 atom stereocenters. The highest BCUT2D eigenvalue weighted by atomic mass is 35.5. The summed E-state index contributed by atoms with van der Waals surface area (Å²) < 4.78 is 31.5. The maximum atomic E-state index is 13.5. The second kappa shape index (κ2) is 6.49. The Bertz CT molecular complexity index is 680. The maximum absolute atomic E-state index is 13.5. The fourth-order valence-electron chi connectivity index (χ4n) is 1.71. The molecule has 0 saturated heterocycles. The van der Waals surface area contributed by atoms with Crippen LogP contribution in [-0.2, 0) is 6.54 Å². The Morgan fingerprint density at radius 2 is 2.19 bits per heavy atom. The maximum Gasteiger partial charge on any atom is 0.257 e. The third kappa shape index (κ3) is 3.46. The summed E-state index contributed by atoms with van der Waals surface area (Å²) in [4.78, 5) is 15.9. The number of hydrogen-bond donors (Lipinski definition) is 1. The van der Waals surface area contributed by atoms with Crippen LogP contribution in [0.15, 0.2) is 30.5 Å². The Kier molecular flexibility index (Phi) is 4.70. The number of rotatable bonds is 4. The van der Waals surface area contributed by atoms with Crippen molar-refractivity contribution in [2.75, 3.05) is 7.11 Å². The third-order valence-electron chi connectivity index (χ3n) is 2.73. The lowest BCUT2D eigenvalue weighted by Crippen LogP contribution is -2.24. The van der Waals surface area contributed by atoms with Gasteiger partial charge in [-0.3, -0.25) is 4.79 Å². The normalized spacial score (nSPS) is 10.3. The molecule has 1 aromatic carbocycles. The van der Waals surface area contributed by atoms with Gasteiger partial charge in [0.15, 0.2) is 11.6 Å². The van der Waals surface area contributed by atoms with Crippen LogP contribution in [-0.4, -0.2) is 18.0 Å². The number of aromatic nitrogens is 1. The van der Waals surface area contributed by atoms with Gasteiger partial charge in [-0.25, -0.2) is 13.8 Å². The topological polar surface area (TPSA) is 51.2 Å².